The minimum atomic E-state index is -0.687. The van der Waals surface area contributed by atoms with Crippen molar-refractivity contribution < 1.29 is 28.7 Å². The molecule has 9 nitrogen and oxygen atoms in total. The van der Waals surface area contributed by atoms with Crippen LogP contribution in [-0.4, -0.2) is 48.3 Å². The van der Waals surface area contributed by atoms with E-state index in [4.69, 9.17) is 9.47 Å². The number of ketones is 1. The van der Waals surface area contributed by atoms with E-state index < -0.39 is 18.6 Å². The van der Waals surface area contributed by atoms with Crippen LogP contribution in [0.4, 0.5) is 5.69 Å². The summed E-state index contributed by atoms with van der Waals surface area (Å²) in [7, 11) is 1.53. The van der Waals surface area contributed by atoms with Gasteiger partial charge in [0.25, 0.3) is 5.91 Å². The van der Waals surface area contributed by atoms with Crippen molar-refractivity contribution in [1.82, 2.24) is 10.3 Å². The number of nitrogens with one attached hydrogen (secondary N) is 1. The van der Waals surface area contributed by atoms with Crippen molar-refractivity contribution in [3.8, 4) is 5.75 Å². The molecule has 1 saturated heterocycles. The molecule has 1 unspecified atom stereocenters. The van der Waals surface area contributed by atoms with Gasteiger partial charge in [-0.15, -0.1) is 0 Å². The van der Waals surface area contributed by atoms with Crippen molar-refractivity contribution in [2.75, 3.05) is 18.6 Å². The van der Waals surface area contributed by atoms with Gasteiger partial charge in [-0.25, -0.2) is 9.69 Å². The van der Waals surface area contributed by atoms with Gasteiger partial charge in [0, 0.05) is 24.5 Å². The number of aromatic nitrogens is 1. The van der Waals surface area contributed by atoms with Crippen molar-refractivity contribution in [1.29, 1.82) is 0 Å². The normalized spacial score (nSPS) is 15.2. The molecule has 0 spiro atoms. The molecular weight excluding hydrogens is 450 g/mol. The molecule has 2 aromatic carbocycles. The maximum absolute atomic E-state index is 12.8. The highest BCUT2D eigenvalue weighted by molar-refractivity contribution is 6.22. The molecule has 1 aliphatic heterocycles. The van der Waals surface area contributed by atoms with Crippen LogP contribution in [-0.2, 0) is 20.9 Å². The van der Waals surface area contributed by atoms with Crippen molar-refractivity contribution in [2.24, 2.45) is 0 Å². The van der Waals surface area contributed by atoms with E-state index in [9.17, 15) is 19.2 Å². The first-order valence-electron chi connectivity index (χ1n) is 10.9. The Kier molecular flexibility index (Phi) is 7.27. The monoisotopic (exact) mass is 473 g/mol. The summed E-state index contributed by atoms with van der Waals surface area (Å²) in [5.41, 5.74) is 1.85. The van der Waals surface area contributed by atoms with Gasteiger partial charge in [-0.2, -0.15) is 0 Å². The molecular formula is C26H23N3O6. The summed E-state index contributed by atoms with van der Waals surface area (Å²) >= 11 is 0. The van der Waals surface area contributed by atoms with E-state index in [0.717, 1.165) is 10.5 Å². The van der Waals surface area contributed by atoms with E-state index in [2.05, 4.69) is 10.3 Å². The highest BCUT2D eigenvalue weighted by Crippen LogP contribution is 2.24. The van der Waals surface area contributed by atoms with Gasteiger partial charge in [-0.3, -0.25) is 19.4 Å². The highest BCUT2D eigenvalue weighted by Gasteiger charge is 2.39. The quantitative estimate of drug-likeness (QED) is 0.287. The number of carbonyl (C=O) groups is 4. The lowest BCUT2D eigenvalue weighted by atomic mass is 10.1. The molecule has 2 heterocycles. The molecule has 9 heteroatoms. The summed E-state index contributed by atoms with van der Waals surface area (Å²) in [6.45, 7) is -0.00825. The summed E-state index contributed by atoms with van der Waals surface area (Å²) in [6.07, 6.45) is 3.39. The largest absolute Gasteiger partial charge is 0.497 e. The lowest BCUT2D eigenvalue weighted by Crippen LogP contribution is -2.38. The van der Waals surface area contributed by atoms with E-state index in [-0.39, 0.29) is 29.6 Å². The van der Waals surface area contributed by atoms with Gasteiger partial charge in [-0.1, -0.05) is 6.07 Å². The number of rotatable bonds is 9. The Hall–Kier alpha value is -4.37. The third-order valence-electron chi connectivity index (χ3n) is 5.53. The second kappa shape index (κ2) is 10.7. The molecule has 0 radical (unpaired) electrons. The number of hydrogen-bond acceptors (Lipinski definition) is 8. The van der Waals surface area contributed by atoms with Gasteiger partial charge in [0.15, 0.2) is 12.4 Å². The van der Waals surface area contributed by atoms with Crippen LogP contribution in [0.2, 0.25) is 0 Å². The Labute approximate surface area is 201 Å². The second-order valence-corrected chi connectivity index (χ2v) is 7.84. The van der Waals surface area contributed by atoms with Crippen LogP contribution in [0.5, 0.6) is 5.75 Å². The van der Waals surface area contributed by atoms with E-state index in [1.165, 1.54) is 31.4 Å². The number of anilines is 1. The third-order valence-corrected chi connectivity index (χ3v) is 5.53. The summed E-state index contributed by atoms with van der Waals surface area (Å²) < 4.78 is 10.2. The van der Waals surface area contributed by atoms with Gasteiger partial charge >= 0.3 is 5.97 Å². The minimum Gasteiger partial charge on any atom is -0.497 e. The van der Waals surface area contributed by atoms with Crippen LogP contribution in [0.15, 0.2) is 73.1 Å². The van der Waals surface area contributed by atoms with Crippen LogP contribution in [0.3, 0.4) is 0 Å². The second-order valence-electron chi connectivity index (χ2n) is 7.84. The molecule has 1 N–H and O–H groups in total. The number of ether oxygens (including phenoxy) is 2. The van der Waals surface area contributed by atoms with Crippen molar-refractivity contribution in [3.05, 3.63) is 89.7 Å². The number of esters is 1. The fourth-order valence-corrected chi connectivity index (χ4v) is 3.63. The van der Waals surface area contributed by atoms with E-state index in [1.807, 2.05) is 6.07 Å². The van der Waals surface area contributed by atoms with Crippen LogP contribution in [0.25, 0.3) is 0 Å². The summed E-state index contributed by atoms with van der Waals surface area (Å²) in [5.74, 6) is -1.12. The topological polar surface area (TPSA) is 115 Å². The Bertz CT molecular complexity index is 1230. The van der Waals surface area contributed by atoms with Crippen molar-refractivity contribution in [2.45, 2.75) is 19.0 Å². The molecule has 3 aromatic rings. The number of pyridine rings is 1. The molecule has 0 aliphatic carbocycles. The lowest BCUT2D eigenvalue weighted by molar-refractivity contribution is -0.121. The van der Waals surface area contributed by atoms with E-state index >= 15 is 0 Å². The number of carbonyl (C=O) groups excluding carboxylic acids is 4. The summed E-state index contributed by atoms with van der Waals surface area (Å²) in [5, 5.41) is 3.09. The molecule has 178 valence electrons. The molecule has 0 bridgehead atoms. The fourth-order valence-electron chi connectivity index (χ4n) is 3.63. The number of nitrogens with zero attached hydrogens (tertiary/aromatic N) is 2. The van der Waals surface area contributed by atoms with E-state index in [0.29, 0.717) is 23.5 Å². The maximum atomic E-state index is 12.8. The molecule has 2 amide bonds. The van der Waals surface area contributed by atoms with Gasteiger partial charge in [0.1, 0.15) is 5.75 Å². The van der Waals surface area contributed by atoms with Crippen LogP contribution in [0, 0.1) is 0 Å². The number of methoxy groups -OCH3 is 1. The zero-order chi connectivity index (χ0) is 24.8. The Morgan fingerprint density at radius 3 is 2.40 bits per heavy atom. The SMILES string of the molecule is COc1ccc(C(=O)COC(=O)c2ccc(N3C(=O)CC(NCc4cccnc4)C3=O)cc2)cc1. The predicted molar refractivity (Wildman–Crippen MR) is 126 cm³/mol. The van der Waals surface area contributed by atoms with Crippen LogP contribution >= 0.6 is 0 Å². The van der Waals surface area contributed by atoms with Gasteiger partial charge in [-0.05, 0) is 60.2 Å². The maximum Gasteiger partial charge on any atom is 0.338 e. The lowest BCUT2D eigenvalue weighted by Gasteiger charge is -2.16. The number of benzene rings is 2. The van der Waals surface area contributed by atoms with Gasteiger partial charge in [0.05, 0.1) is 30.8 Å². The number of Topliss-reactive ketones (excluding diaryl/α,β-unsaturated/α-hetero) is 1. The number of hydrogen-bond donors (Lipinski definition) is 1. The fraction of sp³-hybridized carbons (Fsp3) is 0.192. The third kappa shape index (κ3) is 5.59. The Morgan fingerprint density at radius 1 is 1.03 bits per heavy atom. The zero-order valence-electron chi connectivity index (χ0n) is 19.0. The minimum absolute atomic E-state index is 0.0381. The Balaban J connectivity index is 1.33. The highest BCUT2D eigenvalue weighted by atomic mass is 16.5. The smallest absolute Gasteiger partial charge is 0.338 e. The number of imide groups is 1. The summed E-state index contributed by atoms with van der Waals surface area (Å²) in [6, 6.07) is 15.4. The number of amides is 2. The van der Waals surface area contributed by atoms with Crippen molar-refractivity contribution >= 4 is 29.3 Å². The van der Waals surface area contributed by atoms with Crippen LogP contribution in [0.1, 0.15) is 32.7 Å². The molecule has 1 aliphatic rings. The van der Waals surface area contributed by atoms with Gasteiger partial charge in [0.2, 0.25) is 5.91 Å². The molecule has 35 heavy (non-hydrogen) atoms. The first kappa shape index (κ1) is 23.8. The van der Waals surface area contributed by atoms with Gasteiger partial charge < -0.3 is 14.8 Å². The summed E-state index contributed by atoms with van der Waals surface area (Å²) in [4.78, 5) is 55.0. The van der Waals surface area contributed by atoms with Crippen LogP contribution < -0.4 is 15.0 Å². The molecule has 4 rings (SSSR count). The Morgan fingerprint density at radius 2 is 1.74 bits per heavy atom. The molecule has 1 atom stereocenters. The average molecular weight is 473 g/mol. The van der Waals surface area contributed by atoms with Crippen molar-refractivity contribution in [3.63, 3.8) is 0 Å². The first-order valence-corrected chi connectivity index (χ1v) is 10.9. The van der Waals surface area contributed by atoms with E-state index in [1.54, 1.807) is 42.7 Å². The molecule has 1 fully saturated rings. The first-order chi connectivity index (χ1) is 17.0. The average Bonchev–Trinajstić information content (AvgIpc) is 3.19. The zero-order valence-corrected chi connectivity index (χ0v) is 19.0. The standard InChI is InChI=1S/C26H23N3O6/c1-34-21-10-6-18(7-11-21)23(30)16-35-26(33)19-4-8-20(9-5-19)29-24(31)13-22(25(29)32)28-15-17-3-2-12-27-14-17/h2-12,14,22,28H,13,15-16H2,1H3. The molecule has 1 aromatic heterocycles. The molecule has 0 saturated carbocycles. The predicted octanol–water partition coefficient (Wildman–Crippen LogP) is 2.55.